The van der Waals surface area contributed by atoms with Crippen LogP contribution in [0, 0.1) is 0 Å². The third-order valence-electron chi connectivity index (χ3n) is 2.38. The molecule has 8 heteroatoms. The Labute approximate surface area is 107 Å². The van der Waals surface area contributed by atoms with Crippen molar-refractivity contribution in [3.05, 3.63) is 36.2 Å². The van der Waals surface area contributed by atoms with Crippen LogP contribution in [-0.4, -0.2) is 21.4 Å². The van der Waals surface area contributed by atoms with Gasteiger partial charge in [-0.1, -0.05) is 17.3 Å². The van der Waals surface area contributed by atoms with Crippen molar-refractivity contribution in [2.45, 2.75) is 12.9 Å². The summed E-state index contributed by atoms with van der Waals surface area (Å²) in [6.45, 7) is 0.293. The SMILES string of the molecule is Cn1nncc1CNc1ccccc1OC(F)(F)F. The maximum Gasteiger partial charge on any atom is 0.573 e. The minimum Gasteiger partial charge on any atom is -0.404 e. The Balaban J connectivity index is 2.10. The van der Waals surface area contributed by atoms with Crippen molar-refractivity contribution in [2.75, 3.05) is 5.32 Å². The van der Waals surface area contributed by atoms with Gasteiger partial charge in [-0.15, -0.1) is 18.3 Å². The molecule has 102 valence electrons. The first kappa shape index (κ1) is 13.2. The van der Waals surface area contributed by atoms with Crippen molar-refractivity contribution in [3.8, 4) is 5.75 Å². The normalized spacial score (nSPS) is 11.4. The predicted molar refractivity (Wildman–Crippen MR) is 61.5 cm³/mol. The Hall–Kier alpha value is -2.25. The lowest BCUT2D eigenvalue weighted by Gasteiger charge is -2.14. The molecule has 19 heavy (non-hydrogen) atoms. The summed E-state index contributed by atoms with van der Waals surface area (Å²) < 4.78 is 42.1. The Morgan fingerprint density at radius 1 is 1.32 bits per heavy atom. The number of rotatable bonds is 4. The van der Waals surface area contributed by atoms with Crippen LogP contribution in [0.2, 0.25) is 0 Å². The molecule has 1 N–H and O–H groups in total. The highest BCUT2D eigenvalue weighted by Crippen LogP contribution is 2.30. The highest BCUT2D eigenvalue weighted by molar-refractivity contribution is 5.56. The minimum absolute atomic E-state index is 0.251. The van der Waals surface area contributed by atoms with E-state index in [1.807, 2.05) is 0 Å². The fraction of sp³-hybridized carbons (Fsp3) is 0.273. The van der Waals surface area contributed by atoms with Gasteiger partial charge in [0.2, 0.25) is 0 Å². The molecule has 2 rings (SSSR count). The standard InChI is InChI=1S/C11H11F3N4O/c1-18-8(7-16-17-18)6-15-9-4-2-3-5-10(9)19-11(12,13)14/h2-5,7,15H,6H2,1H3. The molecule has 1 heterocycles. The number of para-hydroxylation sites is 2. The molecule has 1 aromatic carbocycles. The number of alkyl halides is 3. The van der Waals surface area contributed by atoms with Crippen LogP contribution >= 0.6 is 0 Å². The van der Waals surface area contributed by atoms with E-state index in [1.54, 1.807) is 13.1 Å². The lowest BCUT2D eigenvalue weighted by atomic mass is 10.3. The summed E-state index contributed by atoms with van der Waals surface area (Å²) in [5.41, 5.74) is 0.989. The largest absolute Gasteiger partial charge is 0.573 e. The smallest absolute Gasteiger partial charge is 0.404 e. The second kappa shape index (κ2) is 5.17. The van der Waals surface area contributed by atoms with Crippen LogP contribution in [0.1, 0.15) is 5.69 Å². The molecule has 0 aliphatic rings. The first-order valence-electron chi connectivity index (χ1n) is 5.38. The number of hydrogen-bond acceptors (Lipinski definition) is 4. The maximum atomic E-state index is 12.2. The minimum atomic E-state index is -4.72. The molecule has 2 aromatic rings. The van der Waals surface area contributed by atoms with Gasteiger partial charge in [0.15, 0.2) is 5.75 Å². The van der Waals surface area contributed by atoms with Crippen LogP contribution in [0.25, 0.3) is 0 Å². The van der Waals surface area contributed by atoms with E-state index in [0.717, 1.165) is 5.69 Å². The van der Waals surface area contributed by atoms with Crippen LogP contribution in [-0.2, 0) is 13.6 Å². The van der Waals surface area contributed by atoms with Crippen LogP contribution < -0.4 is 10.1 Å². The molecular weight excluding hydrogens is 261 g/mol. The van der Waals surface area contributed by atoms with Gasteiger partial charge >= 0.3 is 6.36 Å². The maximum absolute atomic E-state index is 12.2. The Morgan fingerprint density at radius 2 is 2.05 bits per heavy atom. The number of aryl methyl sites for hydroxylation is 1. The van der Waals surface area contributed by atoms with Gasteiger partial charge in [0.05, 0.1) is 24.1 Å². The van der Waals surface area contributed by atoms with Crippen molar-refractivity contribution in [3.63, 3.8) is 0 Å². The van der Waals surface area contributed by atoms with E-state index in [1.165, 1.54) is 29.1 Å². The Morgan fingerprint density at radius 3 is 2.68 bits per heavy atom. The predicted octanol–water partition coefficient (Wildman–Crippen LogP) is 2.33. The molecule has 0 saturated carbocycles. The van der Waals surface area contributed by atoms with Gasteiger partial charge in [0.1, 0.15) is 0 Å². The van der Waals surface area contributed by atoms with E-state index in [-0.39, 0.29) is 11.4 Å². The molecule has 5 nitrogen and oxygen atoms in total. The number of benzene rings is 1. The molecule has 0 aliphatic carbocycles. The van der Waals surface area contributed by atoms with E-state index in [2.05, 4.69) is 20.4 Å². The molecule has 0 amide bonds. The van der Waals surface area contributed by atoms with Crippen LogP contribution in [0.5, 0.6) is 5.75 Å². The summed E-state index contributed by atoms with van der Waals surface area (Å²) in [5.74, 6) is -0.273. The summed E-state index contributed by atoms with van der Waals surface area (Å²) in [4.78, 5) is 0. The summed E-state index contributed by atoms with van der Waals surface area (Å²) in [5, 5.41) is 10.3. The van der Waals surface area contributed by atoms with E-state index < -0.39 is 6.36 Å². The highest BCUT2D eigenvalue weighted by atomic mass is 19.4. The van der Waals surface area contributed by atoms with Gasteiger partial charge in [0, 0.05) is 7.05 Å². The number of anilines is 1. The first-order valence-corrected chi connectivity index (χ1v) is 5.38. The summed E-state index contributed by atoms with van der Waals surface area (Å²) >= 11 is 0. The van der Waals surface area contributed by atoms with E-state index in [0.29, 0.717) is 6.54 Å². The molecule has 1 aromatic heterocycles. The number of nitrogens with zero attached hydrogens (tertiary/aromatic N) is 3. The third kappa shape index (κ3) is 3.60. The van der Waals surface area contributed by atoms with E-state index in [9.17, 15) is 13.2 Å². The second-order valence-electron chi connectivity index (χ2n) is 3.75. The Kier molecular flexibility index (Phi) is 3.59. The molecular formula is C11H11F3N4O. The van der Waals surface area contributed by atoms with Crippen molar-refractivity contribution in [1.82, 2.24) is 15.0 Å². The van der Waals surface area contributed by atoms with Gasteiger partial charge in [0.25, 0.3) is 0 Å². The molecule has 0 aliphatic heterocycles. The fourth-order valence-corrected chi connectivity index (χ4v) is 1.48. The topological polar surface area (TPSA) is 52.0 Å². The number of ether oxygens (including phenoxy) is 1. The molecule has 0 spiro atoms. The lowest BCUT2D eigenvalue weighted by Crippen LogP contribution is -2.18. The molecule has 0 bridgehead atoms. The van der Waals surface area contributed by atoms with Crippen molar-refractivity contribution in [2.24, 2.45) is 7.05 Å². The monoisotopic (exact) mass is 272 g/mol. The molecule has 0 radical (unpaired) electrons. The summed E-state index contributed by atoms with van der Waals surface area (Å²) in [6, 6.07) is 5.84. The number of nitrogens with one attached hydrogen (secondary N) is 1. The quantitative estimate of drug-likeness (QED) is 0.928. The van der Waals surface area contributed by atoms with Crippen molar-refractivity contribution in [1.29, 1.82) is 0 Å². The average molecular weight is 272 g/mol. The third-order valence-corrected chi connectivity index (χ3v) is 2.38. The number of halogens is 3. The zero-order valence-electron chi connectivity index (χ0n) is 9.98. The van der Waals surface area contributed by atoms with E-state index in [4.69, 9.17) is 0 Å². The number of aromatic nitrogens is 3. The van der Waals surface area contributed by atoms with Crippen LogP contribution in [0.15, 0.2) is 30.5 Å². The zero-order valence-corrected chi connectivity index (χ0v) is 9.98. The van der Waals surface area contributed by atoms with Crippen LogP contribution in [0.4, 0.5) is 18.9 Å². The molecule has 0 atom stereocenters. The van der Waals surface area contributed by atoms with Crippen LogP contribution in [0.3, 0.4) is 0 Å². The Bertz CT molecular complexity index is 553. The molecule has 0 fully saturated rings. The van der Waals surface area contributed by atoms with Gasteiger partial charge in [-0.3, -0.25) is 4.68 Å². The van der Waals surface area contributed by atoms with Crippen molar-refractivity contribution < 1.29 is 17.9 Å². The number of hydrogen-bond donors (Lipinski definition) is 1. The average Bonchev–Trinajstić information content (AvgIpc) is 2.72. The zero-order chi connectivity index (χ0) is 13.9. The van der Waals surface area contributed by atoms with Gasteiger partial charge < -0.3 is 10.1 Å². The van der Waals surface area contributed by atoms with Gasteiger partial charge in [-0.2, -0.15) is 0 Å². The lowest BCUT2D eigenvalue weighted by molar-refractivity contribution is -0.274. The van der Waals surface area contributed by atoms with E-state index >= 15 is 0 Å². The molecule has 0 saturated heterocycles. The summed E-state index contributed by atoms with van der Waals surface area (Å²) in [6.07, 6.45) is -3.19. The highest BCUT2D eigenvalue weighted by Gasteiger charge is 2.32. The second-order valence-corrected chi connectivity index (χ2v) is 3.75. The fourth-order valence-electron chi connectivity index (χ4n) is 1.48. The van der Waals surface area contributed by atoms with Gasteiger partial charge in [-0.05, 0) is 12.1 Å². The first-order chi connectivity index (χ1) is 8.96. The van der Waals surface area contributed by atoms with Gasteiger partial charge in [-0.25, -0.2) is 0 Å². The summed E-state index contributed by atoms with van der Waals surface area (Å²) in [7, 11) is 1.70. The van der Waals surface area contributed by atoms with Crippen molar-refractivity contribution >= 4 is 5.69 Å². The molecule has 0 unspecified atom stereocenters.